The lowest BCUT2D eigenvalue weighted by Gasteiger charge is -2.17. The van der Waals surface area contributed by atoms with Crippen molar-refractivity contribution in [3.8, 4) is 0 Å². The van der Waals surface area contributed by atoms with Crippen molar-refractivity contribution < 1.29 is 19.1 Å². The van der Waals surface area contributed by atoms with Gasteiger partial charge in [0.1, 0.15) is 0 Å². The standard InChI is InChI=1S/C20H23N3O4/c1-4-27-20(26)23(3)16-11-9-15(10-12-16)22-18(24)13-21-19(25)17-8-6-5-7-14(17)2/h5-12H,4,13H2,1-3H3,(H,21,25)(H,22,24). The van der Waals surface area contributed by atoms with Crippen LogP contribution < -0.4 is 15.5 Å². The highest BCUT2D eigenvalue weighted by molar-refractivity contribution is 6.00. The van der Waals surface area contributed by atoms with Gasteiger partial charge in [-0.1, -0.05) is 18.2 Å². The molecular formula is C20H23N3O4. The second kappa shape index (κ2) is 9.38. The molecule has 0 bridgehead atoms. The average Bonchev–Trinajstić information content (AvgIpc) is 2.66. The Morgan fingerprint density at radius 3 is 2.33 bits per heavy atom. The number of anilines is 2. The van der Waals surface area contributed by atoms with Crippen LogP contribution in [0.2, 0.25) is 0 Å². The minimum Gasteiger partial charge on any atom is -0.449 e. The fourth-order valence-corrected chi connectivity index (χ4v) is 2.38. The van der Waals surface area contributed by atoms with E-state index in [1.165, 1.54) is 4.90 Å². The first-order valence-electron chi connectivity index (χ1n) is 8.56. The highest BCUT2D eigenvalue weighted by Crippen LogP contribution is 2.17. The topological polar surface area (TPSA) is 87.7 Å². The Balaban J connectivity index is 1.88. The first-order valence-corrected chi connectivity index (χ1v) is 8.56. The van der Waals surface area contributed by atoms with Crippen LogP contribution in [0, 0.1) is 6.92 Å². The number of ether oxygens (including phenoxy) is 1. The fourth-order valence-electron chi connectivity index (χ4n) is 2.38. The number of nitrogens with one attached hydrogen (secondary N) is 2. The van der Waals surface area contributed by atoms with Crippen molar-refractivity contribution in [2.75, 3.05) is 30.4 Å². The minimum absolute atomic E-state index is 0.141. The van der Waals surface area contributed by atoms with E-state index < -0.39 is 6.09 Å². The highest BCUT2D eigenvalue weighted by Gasteiger charge is 2.12. The molecule has 7 heteroatoms. The second-order valence-electron chi connectivity index (χ2n) is 5.85. The summed E-state index contributed by atoms with van der Waals surface area (Å²) in [5, 5.41) is 5.29. The number of carbonyl (C=O) groups is 3. The summed E-state index contributed by atoms with van der Waals surface area (Å²) in [7, 11) is 1.60. The van der Waals surface area contributed by atoms with Gasteiger partial charge in [-0.15, -0.1) is 0 Å². The molecule has 0 aliphatic heterocycles. The first kappa shape index (κ1) is 20.0. The monoisotopic (exact) mass is 369 g/mol. The van der Waals surface area contributed by atoms with Gasteiger partial charge in [-0.2, -0.15) is 0 Å². The quantitative estimate of drug-likeness (QED) is 0.819. The fraction of sp³-hybridized carbons (Fsp3) is 0.250. The molecule has 7 nitrogen and oxygen atoms in total. The average molecular weight is 369 g/mol. The van der Waals surface area contributed by atoms with Gasteiger partial charge in [0.15, 0.2) is 0 Å². The van der Waals surface area contributed by atoms with Crippen molar-refractivity contribution in [3.63, 3.8) is 0 Å². The number of hydrogen-bond acceptors (Lipinski definition) is 4. The number of aryl methyl sites for hydroxylation is 1. The van der Waals surface area contributed by atoms with Crippen molar-refractivity contribution in [2.24, 2.45) is 0 Å². The molecule has 2 aromatic rings. The van der Waals surface area contributed by atoms with Crippen molar-refractivity contribution in [2.45, 2.75) is 13.8 Å². The van der Waals surface area contributed by atoms with Crippen molar-refractivity contribution in [1.82, 2.24) is 5.32 Å². The zero-order valence-electron chi connectivity index (χ0n) is 15.6. The zero-order chi connectivity index (χ0) is 19.8. The summed E-state index contributed by atoms with van der Waals surface area (Å²) in [6.45, 7) is 3.73. The van der Waals surface area contributed by atoms with Crippen LogP contribution in [0.4, 0.5) is 16.2 Å². The van der Waals surface area contributed by atoms with E-state index in [9.17, 15) is 14.4 Å². The van der Waals surface area contributed by atoms with Gasteiger partial charge in [0, 0.05) is 24.0 Å². The van der Waals surface area contributed by atoms with E-state index in [-0.39, 0.29) is 18.4 Å². The highest BCUT2D eigenvalue weighted by atomic mass is 16.6. The lowest BCUT2D eigenvalue weighted by Crippen LogP contribution is -2.33. The Morgan fingerprint density at radius 2 is 1.70 bits per heavy atom. The summed E-state index contributed by atoms with van der Waals surface area (Å²) < 4.78 is 4.93. The Morgan fingerprint density at radius 1 is 1.04 bits per heavy atom. The molecule has 0 spiro atoms. The molecular weight excluding hydrogens is 346 g/mol. The van der Waals surface area contributed by atoms with E-state index in [1.54, 1.807) is 50.4 Å². The molecule has 0 radical (unpaired) electrons. The molecule has 2 rings (SSSR count). The van der Waals surface area contributed by atoms with Crippen molar-refractivity contribution in [1.29, 1.82) is 0 Å². The van der Waals surface area contributed by atoms with Crippen LogP contribution in [0.3, 0.4) is 0 Å². The maximum atomic E-state index is 12.1. The molecule has 0 aliphatic carbocycles. The summed E-state index contributed by atoms with van der Waals surface area (Å²) >= 11 is 0. The van der Waals surface area contributed by atoms with Crippen LogP contribution in [-0.4, -0.2) is 38.1 Å². The van der Waals surface area contributed by atoms with Gasteiger partial charge in [0.25, 0.3) is 5.91 Å². The zero-order valence-corrected chi connectivity index (χ0v) is 15.6. The molecule has 0 heterocycles. The molecule has 0 atom stereocenters. The molecule has 0 saturated carbocycles. The Hall–Kier alpha value is -3.35. The first-order chi connectivity index (χ1) is 12.9. The van der Waals surface area contributed by atoms with Gasteiger partial charge in [-0.05, 0) is 49.7 Å². The Bertz CT molecular complexity index is 818. The van der Waals surface area contributed by atoms with Crippen LogP contribution in [0.1, 0.15) is 22.8 Å². The van der Waals surface area contributed by atoms with E-state index in [0.717, 1.165) is 5.56 Å². The second-order valence-corrected chi connectivity index (χ2v) is 5.85. The Kier molecular flexibility index (Phi) is 6.93. The summed E-state index contributed by atoms with van der Waals surface area (Å²) in [5.41, 5.74) is 2.58. The molecule has 2 aromatic carbocycles. The smallest absolute Gasteiger partial charge is 0.413 e. The lowest BCUT2D eigenvalue weighted by molar-refractivity contribution is -0.115. The van der Waals surface area contributed by atoms with Gasteiger partial charge in [-0.25, -0.2) is 4.79 Å². The molecule has 0 aromatic heterocycles. The largest absolute Gasteiger partial charge is 0.449 e. The van der Waals surface area contributed by atoms with E-state index in [1.807, 2.05) is 19.1 Å². The molecule has 0 fully saturated rings. The van der Waals surface area contributed by atoms with Gasteiger partial charge in [0.2, 0.25) is 5.91 Å². The number of benzene rings is 2. The Labute approximate surface area is 158 Å². The summed E-state index contributed by atoms with van der Waals surface area (Å²) in [4.78, 5) is 37.2. The third-order valence-corrected chi connectivity index (χ3v) is 3.88. The van der Waals surface area contributed by atoms with Crippen LogP contribution >= 0.6 is 0 Å². The van der Waals surface area contributed by atoms with Gasteiger partial charge in [-0.3, -0.25) is 14.5 Å². The molecule has 0 unspecified atom stereocenters. The lowest BCUT2D eigenvalue weighted by atomic mass is 10.1. The van der Waals surface area contributed by atoms with Crippen LogP contribution in [0.5, 0.6) is 0 Å². The number of nitrogens with zero attached hydrogens (tertiary/aromatic N) is 1. The van der Waals surface area contributed by atoms with Crippen LogP contribution in [0.25, 0.3) is 0 Å². The predicted molar refractivity (Wildman–Crippen MR) is 104 cm³/mol. The molecule has 2 N–H and O–H groups in total. The number of carbonyl (C=O) groups excluding carboxylic acids is 3. The number of hydrogen-bond donors (Lipinski definition) is 2. The predicted octanol–water partition coefficient (Wildman–Crippen LogP) is 2.96. The van der Waals surface area contributed by atoms with Crippen molar-refractivity contribution in [3.05, 3.63) is 59.7 Å². The van der Waals surface area contributed by atoms with Gasteiger partial charge < -0.3 is 15.4 Å². The van der Waals surface area contributed by atoms with Crippen LogP contribution in [0.15, 0.2) is 48.5 Å². The minimum atomic E-state index is -0.451. The maximum absolute atomic E-state index is 12.1. The number of amides is 3. The van der Waals surface area contributed by atoms with E-state index >= 15 is 0 Å². The van der Waals surface area contributed by atoms with Gasteiger partial charge in [0.05, 0.1) is 13.2 Å². The number of rotatable bonds is 6. The molecule has 142 valence electrons. The third-order valence-electron chi connectivity index (χ3n) is 3.88. The summed E-state index contributed by atoms with van der Waals surface area (Å²) in [6.07, 6.45) is -0.451. The molecule has 0 aliphatic rings. The maximum Gasteiger partial charge on any atom is 0.413 e. The summed E-state index contributed by atoms with van der Waals surface area (Å²) in [6, 6.07) is 13.9. The van der Waals surface area contributed by atoms with E-state index in [0.29, 0.717) is 23.5 Å². The molecule has 27 heavy (non-hydrogen) atoms. The van der Waals surface area contributed by atoms with Crippen molar-refractivity contribution >= 4 is 29.3 Å². The van der Waals surface area contributed by atoms with E-state index in [2.05, 4.69) is 10.6 Å². The van der Waals surface area contributed by atoms with E-state index in [4.69, 9.17) is 4.74 Å². The summed E-state index contributed by atoms with van der Waals surface area (Å²) in [5.74, 6) is -0.641. The SMILES string of the molecule is CCOC(=O)N(C)c1ccc(NC(=O)CNC(=O)c2ccccc2C)cc1. The van der Waals surface area contributed by atoms with Gasteiger partial charge >= 0.3 is 6.09 Å². The molecule has 3 amide bonds. The normalized spacial score (nSPS) is 10.0. The molecule has 0 saturated heterocycles. The van der Waals surface area contributed by atoms with Crippen LogP contribution in [-0.2, 0) is 9.53 Å². The third kappa shape index (κ3) is 5.57.